The van der Waals surface area contributed by atoms with Crippen molar-refractivity contribution in [2.75, 3.05) is 13.2 Å². The molecular weight excluding hydrogens is 851 g/mol. The summed E-state index contributed by atoms with van der Waals surface area (Å²) in [4.78, 5) is 24.5. The summed E-state index contributed by atoms with van der Waals surface area (Å²) in [6, 6.07) is -0.628. The monoisotopic (exact) mass is 974 g/mol. The average molecular weight is 975 g/mol. The van der Waals surface area contributed by atoms with Crippen molar-refractivity contribution < 1.29 is 24.5 Å². The number of ether oxygens (including phenoxy) is 1. The van der Waals surface area contributed by atoms with Crippen LogP contribution in [0.15, 0.2) is 12.2 Å². The van der Waals surface area contributed by atoms with Gasteiger partial charge in [-0.3, -0.25) is 9.59 Å². The molecule has 0 aliphatic heterocycles. The Bertz CT molecular complexity index is 1030. The highest BCUT2D eigenvalue weighted by Gasteiger charge is 2.18. The molecule has 0 spiro atoms. The van der Waals surface area contributed by atoms with Gasteiger partial charge in [-0.25, -0.2) is 0 Å². The molecule has 0 bridgehead atoms. The molecule has 3 N–H and O–H groups in total. The highest BCUT2D eigenvalue weighted by atomic mass is 16.5. The van der Waals surface area contributed by atoms with E-state index in [1.165, 1.54) is 289 Å². The van der Waals surface area contributed by atoms with Gasteiger partial charge in [0.05, 0.1) is 25.4 Å². The molecule has 6 heteroatoms. The van der Waals surface area contributed by atoms with Crippen molar-refractivity contribution in [3.8, 4) is 0 Å². The van der Waals surface area contributed by atoms with Crippen LogP contribution in [0.5, 0.6) is 0 Å². The molecule has 0 heterocycles. The molecule has 1 amide bonds. The second kappa shape index (κ2) is 59.2. The maximum absolute atomic E-state index is 12.5. The predicted molar refractivity (Wildman–Crippen MR) is 301 cm³/mol. The third kappa shape index (κ3) is 55.8. The number of hydrogen-bond donors (Lipinski definition) is 3. The molecule has 0 radical (unpaired) electrons. The molecule has 0 aliphatic rings. The number of hydrogen-bond acceptors (Lipinski definition) is 5. The van der Waals surface area contributed by atoms with E-state index in [9.17, 15) is 19.8 Å². The number of allylic oxidation sites excluding steroid dienone is 1. The molecule has 0 aromatic rings. The molecule has 0 aliphatic carbocycles. The van der Waals surface area contributed by atoms with Gasteiger partial charge in [0.15, 0.2) is 0 Å². The molecule has 0 saturated heterocycles. The quantitative estimate of drug-likeness (QED) is 0.0321. The third-order valence-corrected chi connectivity index (χ3v) is 14.8. The lowest BCUT2D eigenvalue weighted by Crippen LogP contribution is -2.45. The van der Waals surface area contributed by atoms with Gasteiger partial charge >= 0.3 is 5.97 Å². The summed E-state index contributed by atoms with van der Waals surface area (Å²) in [5.41, 5.74) is 0. The number of aliphatic hydroxyl groups excluding tert-OH is 2. The van der Waals surface area contributed by atoms with E-state index >= 15 is 0 Å². The zero-order valence-electron chi connectivity index (χ0n) is 46.8. The third-order valence-electron chi connectivity index (χ3n) is 14.8. The van der Waals surface area contributed by atoms with E-state index < -0.39 is 12.1 Å². The fourth-order valence-electron chi connectivity index (χ4n) is 9.99. The molecule has 0 aromatic carbocycles. The van der Waals surface area contributed by atoms with Gasteiger partial charge in [0, 0.05) is 12.8 Å². The van der Waals surface area contributed by atoms with E-state index in [4.69, 9.17) is 4.74 Å². The molecule has 0 saturated carbocycles. The summed E-state index contributed by atoms with van der Waals surface area (Å²) < 4.78 is 5.49. The van der Waals surface area contributed by atoms with Crippen molar-refractivity contribution in [1.82, 2.24) is 5.32 Å². The van der Waals surface area contributed by atoms with E-state index in [1.54, 1.807) is 6.08 Å². The van der Waals surface area contributed by atoms with Crippen molar-refractivity contribution >= 4 is 11.9 Å². The average Bonchev–Trinajstić information content (AvgIpc) is 3.35. The predicted octanol–water partition coefficient (Wildman–Crippen LogP) is 19.6. The highest BCUT2D eigenvalue weighted by Crippen LogP contribution is 2.18. The molecule has 0 fully saturated rings. The Morgan fingerprint density at radius 3 is 0.986 bits per heavy atom. The Morgan fingerprint density at radius 1 is 0.391 bits per heavy atom. The Kier molecular flexibility index (Phi) is 58.0. The minimum atomic E-state index is -0.844. The summed E-state index contributed by atoms with van der Waals surface area (Å²) in [5.74, 6) is -0.0512. The van der Waals surface area contributed by atoms with Gasteiger partial charge < -0.3 is 20.3 Å². The van der Waals surface area contributed by atoms with Crippen LogP contribution in [-0.4, -0.2) is 47.4 Å². The zero-order chi connectivity index (χ0) is 50.0. The highest BCUT2D eigenvalue weighted by molar-refractivity contribution is 5.76. The van der Waals surface area contributed by atoms with Gasteiger partial charge in [0.1, 0.15) is 0 Å². The molecule has 6 nitrogen and oxygen atoms in total. The van der Waals surface area contributed by atoms with Crippen molar-refractivity contribution in [2.45, 2.75) is 366 Å². The lowest BCUT2D eigenvalue weighted by atomic mass is 10.0. The van der Waals surface area contributed by atoms with Crippen LogP contribution in [0.25, 0.3) is 0 Å². The molecule has 2 unspecified atom stereocenters. The number of aliphatic hydroxyl groups is 2. The van der Waals surface area contributed by atoms with Gasteiger partial charge in [-0.2, -0.15) is 0 Å². The SMILES string of the molecule is CCCCCCCCCCCCCCCC/C=C/C(O)C(CO)NC(=O)CCCCCCCCCCCCCCCCCCCCCCCOC(=O)CCCCCCCCCCCCCCCCC. The normalized spacial score (nSPS) is 12.6. The van der Waals surface area contributed by atoms with Crippen LogP contribution in [0.4, 0.5) is 0 Å². The number of unbranched alkanes of at least 4 members (excludes halogenated alkanes) is 48. The Labute approximate surface area is 431 Å². The topological polar surface area (TPSA) is 95.9 Å². The molecule has 69 heavy (non-hydrogen) atoms. The van der Waals surface area contributed by atoms with Gasteiger partial charge in [-0.1, -0.05) is 321 Å². The summed E-state index contributed by atoms with van der Waals surface area (Å²) in [5, 5.41) is 23.1. The molecule has 410 valence electrons. The Balaban J connectivity index is 3.39. The molecular formula is C63H123NO5. The van der Waals surface area contributed by atoms with E-state index in [1.807, 2.05) is 6.08 Å². The molecule has 0 rings (SSSR count). The number of carbonyl (C=O) groups is 2. The summed E-state index contributed by atoms with van der Waals surface area (Å²) in [6.07, 6.45) is 71.1. The van der Waals surface area contributed by atoms with Crippen LogP contribution in [0.2, 0.25) is 0 Å². The van der Waals surface area contributed by atoms with Gasteiger partial charge in [-0.15, -0.1) is 0 Å². The first kappa shape index (κ1) is 67.6. The number of amides is 1. The zero-order valence-corrected chi connectivity index (χ0v) is 46.8. The van der Waals surface area contributed by atoms with Crippen molar-refractivity contribution in [1.29, 1.82) is 0 Å². The minimum Gasteiger partial charge on any atom is -0.466 e. The van der Waals surface area contributed by atoms with Crippen molar-refractivity contribution in [3.05, 3.63) is 12.2 Å². The van der Waals surface area contributed by atoms with Gasteiger partial charge in [0.25, 0.3) is 0 Å². The summed E-state index contributed by atoms with van der Waals surface area (Å²) >= 11 is 0. The fourth-order valence-corrected chi connectivity index (χ4v) is 9.99. The second-order valence-corrected chi connectivity index (χ2v) is 21.8. The maximum Gasteiger partial charge on any atom is 0.305 e. The number of esters is 1. The van der Waals surface area contributed by atoms with Crippen LogP contribution in [-0.2, 0) is 14.3 Å². The first-order valence-electron chi connectivity index (χ1n) is 31.5. The van der Waals surface area contributed by atoms with Crippen molar-refractivity contribution in [3.63, 3.8) is 0 Å². The molecule has 0 aromatic heterocycles. The Morgan fingerprint density at radius 2 is 0.667 bits per heavy atom. The van der Waals surface area contributed by atoms with Crippen LogP contribution >= 0.6 is 0 Å². The smallest absolute Gasteiger partial charge is 0.305 e. The maximum atomic E-state index is 12.5. The van der Waals surface area contributed by atoms with Gasteiger partial charge in [-0.05, 0) is 32.1 Å². The lowest BCUT2D eigenvalue weighted by molar-refractivity contribution is -0.143. The molecule has 2 atom stereocenters. The van der Waals surface area contributed by atoms with E-state index in [0.29, 0.717) is 19.4 Å². The fraction of sp³-hybridized carbons (Fsp3) is 0.937. The summed E-state index contributed by atoms with van der Waals surface area (Å²) in [6.45, 7) is 4.93. The first-order chi connectivity index (χ1) is 34.0. The van der Waals surface area contributed by atoms with E-state index in [2.05, 4.69) is 19.2 Å². The van der Waals surface area contributed by atoms with Crippen LogP contribution in [0.3, 0.4) is 0 Å². The minimum absolute atomic E-state index is 0.0150. The van der Waals surface area contributed by atoms with Crippen LogP contribution < -0.4 is 5.32 Å². The van der Waals surface area contributed by atoms with Crippen molar-refractivity contribution in [2.24, 2.45) is 0 Å². The van der Waals surface area contributed by atoms with Gasteiger partial charge in [0.2, 0.25) is 5.91 Å². The van der Waals surface area contributed by atoms with Crippen LogP contribution in [0, 0.1) is 0 Å². The second-order valence-electron chi connectivity index (χ2n) is 21.8. The first-order valence-corrected chi connectivity index (χ1v) is 31.5. The Hall–Kier alpha value is -1.40. The van der Waals surface area contributed by atoms with E-state index in [0.717, 1.165) is 38.5 Å². The number of rotatable bonds is 59. The number of nitrogens with one attached hydrogen (secondary N) is 1. The standard InChI is InChI=1S/C63H123NO5/c1-3-5-7-9-11-13-15-17-19-28-31-35-39-43-47-51-55-61(66)60(59-65)64-62(67)56-52-48-44-40-36-32-29-25-23-21-20-22-24-26-30-34-38-42-46-50-54-58-69-63(68)57-53-49-45-41-37-33-27-18-16-14-12-10-8-6-4-2/h51,55,60-61,65-66H,3-50,52-54,56-59H2,1-2H3,(H,64,67)/b55-51+. The van der Waals surface area contributed by atoms with E-state index in [-0.39, 0.29) is 18.5 Å². The summed E-state index contributed by atoms with van der Waals surface area (Å²) in [7, 11) is 0. The van der Waals surface area contributed by atoms with Crippen LogP contribution in [0.1, 0.15) is 354 Å². The largest absolute Gasteiger partial charge is 0.466 e. The lowest BCUT2D eigenvalue weighted by Gasteiger charge is -2.20. The number of carbonyl (C=O) groups excluding carboxylic acids is 2.